The second kappa shape index (κ2) is 4.32. The first kappa shape index (κ1) is 11.4. The van der Waals surface area contributed by atoms with Crippen molar-refractivity contribution in [2.24, 2.45) is 5.92 Å². The minimum Gasteiger partial charge on any atom is -0.348 e. The van der Waals surface area contributed by atoms with Crippen LogP contribution in [0.5, 0.6) is 0 Å². The van der Waals surface area contributed by atoms with Gasteiger partial charge in [0, 0.05) is 22.3 Å². The predicted octanol–water partition coefficient (Wildman–Crippen LogP) is 2.38. The lowest BCUT2D eigenvalue weighted by Crippen LogP contribution is -2.47. The Labute approximate surface area is 116 Å². The van der Waals surface area contributed by atoms with E-state index in [9.17, 15) is 4.79 Å². The Morgan fingerprint density at radius 3 is 3.05 bits per heavy atom. The molecule has 3 unspecified atom stereocenters. The van der Waals surface area contributed by atoms with Gasteiger partial charge >= 0.3 is 0 Å². The Morgan fingerprint density at radius 2 is 2.26 bits per heavy atom. The molecule has 1 saturated heterocycles. The monoisotopic (exact) mass is 272 g/mol. The fraction of sp³-hybridized carbons (Fsp3) is 0.400. The van der Waals surface area contributed by atoms with Crippen molar-refractivity contribution in [3.63, 3.8) is 0 Å². The van der Waals surface area contributed by atoms with Crippen LogP contribution in [0, 0.1) is 5.92 Å². The third kappa shape index (κ3) is 1.95. The first-order valence-corrected chi connectivity index (χ1v) is 7.69. The molecule has 1 aliphatic carbocycles. The smallest absolute Gasteiger partial charge is 0.251 e. The molecule has 0 radical (unpaired) electrons. The molecule has 1 aliphatic heterocycles. The number of fused-ring (bicyclic) bond motifs is 3. The van der Waals surface area contributed by atoms with E-state index in [2.05, 4.69) is 22.1 Å². The Bertz CT molecular complexity index is 636. The zero-order valence-corrected chi connectivity index (χ0v) is 11.4. The summed E-state index contributed by atoms with van der Waals surface area (Å²) in [6.07, 6.45) is 2.35. The number of thiophene rings is 1. The normalized spacial score (nSPS) is 28.9. The predicted molar refractivity (Wildman–Crippen MR) is 77.6 cm³/mol. The number of benzene rings is 1. The van der Waals surface area contributed by atoms with E-state index in [0.717, 1.165) is 29.8 Å². The third-order valence-electron chi connectivity index (χ3n) is 4.36. The molecule has 0 spiro atoms. The van der Waals surface area contributed by atoms with Gasteiger partial charge in [0.05, 0.1) is 0 Å². The average molecular weight is 272 g/mol. The SMILES string of the molecule is O=C(NC1CC2CNC1C2)c1ccc2sccc2c1. The van der Waals surface area contributed by atoms with Gasteiger partial charge in [-0.1, -0.05) is 0 Å². The molecule has 2 heterocycles. The highest BCUT2D eigenvalue weighted by Crippen LogP contribution is 2.31. The van der Waals surface area contributed by atoms with Gasteiger partial charge < -0.3 is 10.6 Å². The Hall–Kier alpha value is -1.39. The van der Waals surface area contributed by atoms with E-state index in [1.54, 1.807) is 11.3 Å². The number of amides is 1. The summed E-state index contributed by atoms with van der Waals surface area (Å²) in [5.74, 6) is 0.821. The van der Waals surface area contributed by atoms with E-state index < -0.39 is 0 Å². The van der Waals surface area contributed by atoms with Crippen LogP contribution in [0.1, 0.15) is 23.2 Å². The van der Waals surface area contributed by atoms with Crippen molar-refractivity contribution in [2.45, 2.75) is 24.9 Å². The van der Waals surface area contributed by atoms with Crippen LogP contribution in [0.15, 0.2) is 29.6 Å². The van der Waals surface area contributed by atoms with Crippen LogP contribution < -0.4 is 10.6 Å². The first-order chi connectivity index (χ1) is 9.29. The second-order valence-corrected chi connectivity index (χ2v) is 6.55. The van der Waals surface area contributed by atoms with Crippen LogP contribution in [0.25, 0.3) is 10.1 Å². The molecular formula is C15H16N2OS. The van der Waals surface area contributed by atoms with Crippen molar-refractivity contribution in [1.29, 1.82) is 0 Å². The third-order valence-corrected chi connectivity index (χ3v) is 5.26. The molecule has 1 aromatic carbocycles. The molecule has 19 heavy (non-hydrogen) atoms. The van der Waals surface area contributed by atoms with Gasteiger partial charge in [0.15, 0.2) is 0 Å². The fourth-order valence-electron chi connectivity index (χ4n) is 3.37. The maximum atomic E-state index is 12.3. The zero-order chi connectivity index (χ0) is 12.8. The summed E-state index contributed by atoms with van der Waals surface area (Å²) in [6.45, 7) is 1.12. The van der Waals surface area contributed by atoms with Gasteiger partial charge in [-0.05, 0) is 60.3 Å². The highest BCUT2D eigenvalue weighted by molar-refractivity contribution is 7.17. The Balaban J connectivity index is 1.53. The van der Waals surface area contributed by atoms with Gasteiger partial charge in [-0.3, -0.25) is 4.79 Å². The van der Waals surface area contributed by atoms with Crippen molar-refractivity contribution in [1.82, 2.24) is 10.6 Å². The van der Waals surface area contributed by atoms with Gasteiger partial charge in [-0.15, -0.1) is 11.3 Å². The minimum atomic E-state index is 0.0625. The minimum absolute atomic E-state index is 0.0625. The van der Waals surface area contributed by atoms with E-state index in [0.29, 0.717) is 12.1 Å². The number of rotatable bonds is 2. The molecule has 2 bridgehead atoms. The van der Waals surface area contributed by atoms with Crippen molar-refractivity contribution in [2.75, 3.05) is 6.54 Å². The molecule has 3 atom stereocenters. The van der Waals surface area contributed by atoms with Gasteiger partial charge in [0.2, 0.25) is 0 Å². The molecule has 2 aliphatic rings. The molecule has 1 amide bonds. The van der Waals surface area contributed by atoms with Gasteiger partial charge in [0.25, 0.3) is 5.91 Å². The number of hydrogen-bond donors (Lipinski definition) is 2. The number of carbonyl (C=O) groups excluding carboxylic acids is 1. The summed E-state index contributed by atoms with van der Waals surface area (Å²) in [6, 6.07) is 8.81. The Kier molecular flexibility index (Phi) is 2.60. The summed E-state index contributed by atoms with van der Waals surface area (Å²) in [5.41, 5.74) is 0.772. The molecule has 98 valence electrons. The fourth-order valence-corrected chi connectivity index (χ4v) is 4.14. The molecule has 4 rings (SSSR count). The van der Waals surface area contributed by atoms with Crippen LogP contribution in [0.2, 0.25) is 0 Å². The number of carbonyl (C=O) groups is 1. The Morgan fingerprint density at radius 1 is 1.32 bits per heavy atom. The van der Waals surface area contributed by atoms with E-state index in [1.165, 1.54) is 11.1 Å². The summed E-state index contributed by atoms with van der Waals surface area (Å²) >= 11 is 1.71. The maximum Gasteiger partial charge on any atom is 0.251 e. The van der Waals surface area contributed by atoms with Gasteiger partial charge in [-0.2, -0.15) is 0 Å². The molecule has 4 heteroatoms. The van der Waals surface area contributed by atoms with Crippen LogP contribution in [-0.2, 0) is 0 Å². The number of piperidine rings is 1. The molecule has 1 aromatic heterocycles. The molecular weight excluding hydrogens is 256 g/mol. The molecule has 2 fully saturated rings. The van der Waals surface area contributed by atoms with Crippen LogP contribution in [-0.4, -0.2) is 24.5 Å². The topological polar surface area (TPSA) is 41.1 Å². The largest absolute Gasteiger partial charge is 0.348 e. The zero-order valence-electron chi connectivity index (χ0n) is 10.6. The highest BCUT2D eigenvalue weighted by atomic mass is 32.1. The van der Waals surface area contributed by atoms with Crippen molar-refractivity contribution in [3.05, 3.63) is 35.2 Å². The van der Waals surface area contributed by atoms with Gasteiger partial charge in [-0.25, -0.2) is 0 Å². The van der Waals surface area contributed by atoms with E-state index in [4.69, 9.17) is 0 Å². The second-order valence-electron chi connectivity index (χ2n) is 5.61. The molecule has 2 aromatic rings. The van der Waals surface area contributed by atoms with E-state index in [1.807, 2.05) is 18.2 Å². The quantitative estimate of drug-likeness (QED) is 0.881. The summed E-state index contributed by atoms with van der Waals surface area (Å²) in [4.78, 5) is 12.3. The maximum absolute atomic E-state index is 12.3. The lowest BCUT2D eigenvalue weighted by Gasteiger charge is -2.24. The summed E-state index contributed by atoms with van der Waals surface area (Å²) in [5, 5.41) is 9.88. The van der Waals surface area contributed by atoms with Crippen molar-refractivity contribution < 1.29 is 4.79 Å². The number of nitrogens with one attached hydrogen (secondary N) is 2. The van der Waals surface area contributed by atoms with Crippen LogP contribution in [0.3, 0.4) is 0 Å². The highest BCUT2D eigenvalue weighted by Gasteiger charge is 2.39. The van der Waals surface area contributed by atoms with Crippen LogP contribution >= 0.6 is 11.3 Å². The lowest BCUT2D eigenvalue weighted by atomic mass is 10.1. The standard InChI is InChI=1S/C15H16N2OS/c18-15(17-13-6-9-5-12(13)16-8-9)11-1-2-14-10(7-11)3-4-19-14/h1-4,7,9,12-13,16H,5-6,8H2,(H,17,18). The average Bonchev–Trinajstić information content (AvgIpc) is 3.13. The molecule has 1 saturated carbocycles. The summed E-state index contributed by atoms with van der Waals surface area (Å²) < 4.78 is 1.23. The van der Waals surface area contributed by atoms with Gasteiger partial charge in [0.1, 0.15) is 0 Å². The lowest BCUT2D eigenvalue weighted by molar-refractivity contribution is 0.0928. The van der Waals surface area contributed by atoms with Crippen LogP contribution in [0.4, 0.5) is 0 Å². The number of hydrogen-bond acceptors (Lipinski definition) is 3. The first-order valence-electron chi connectivity index (χ1n) is 6.81. The summed E-state index contributed by atoms with van der Waals surface area (Å²) in [7, 11) is 0. The van der Waals surface area contributed by atoms with Crippen molar-refractivity contribution >= 4 is 27.3 Å². The van der Waals surface area contributed by atoms with E-state index in [-0.39, 0.29) is 5.91 Å². The molecule has 2 N–H and O–H groups in total. The van der Waals surface area contributed by atoms with E-state index >= 15 is 0 Å². The van der Waals surface area contributed by atoms with Crippen molar-refractivity contribution in [3.8, 4) is 0 Å². The molecule has 3 nitrogen and oxygen atoms in total.